The van der Waals surface area contributed by atoms with E-state index in [0.717, 1.165) is 11.0 Å². The molecule has 1 saturated heterocycles. The zero-order chi connectivity index (χ0) is 10.0. The number of carbonyl (C=O) groups is 3. The number of hydrogen-bond acceptors (Lipinski definition) is 4. The van der Waals surface area contributed by atoms with Crippen LogP contribution in [0, 0.1) is 0 Å². The summed E-state index contributed by atoms with van der Waals surface area (Å²) >= 11 is 0. The Balaban J connectivity index is 2.81. The van der Waals surface area contributed by atoms with Crippen LogP contribution in [0.15, 0.2) is 12.7 Å². The molecular weight excluding hydrogens is 174 g/mol. The molecule has 0 N–H and O–H groups in total. The summed E-state index contributed by atoms with van der Waals surface area (Å²) in [5, 5.41) is 0. The van der Waals surface area contributed by atoms with Crippen molar-refractivity contribution in [2.75, 3.05) is 13.7 Å². The second kappa shape index (κ2) is 3.49. The summed E-state index contributed by atoms with van der Waals surface area (Å²) in [6.45, 7) is 2.99. The van der Waals surface area contributed by atoms with Gasteiger partial charge in [-0.3, -0.25) is 19.3 Å². The molecule has 1 heterocycles. The lowest BCUT2D eigenvalue weighted by Crippen LogP contribution is -2.51. The topological polar surface area (TPSA) is 63.7 Å². The Kier molecular flexibility index (Phi) is 2.57. The van der Waals surface area contributed by atoms with E-state index in [4.69, 9.17) is 4.74 Å². The Morgan fingerprint density at radius 2 is 2.31 bits per heavy atom. The first-order valence-electron chi connectivity index (χ1n) is 3.66. The van der Waals surface area contributed by atoms with Crippen molar-refractivity contribution in [2.45, 2.75) is 6.10 Å². The first-order chi connectivity index (χ1) is 6.07. The minimum atomic E-state index is -1.19. The lowest BCUT2D eigenvalue weighted by molar-refractivity contribution is -0.166. The quantitative estimate of drug-likeness (QED) is 0.317. The van der Waals surface area contributed by atoms with E-state index in [2.05, 4.69) is 6.58 Å². The number of ether oxygens (including phenoxy) is 1. The van der Waals surface area contributed by atoms with Gasteiger partial charge in [0.15, 0.2) is 11.9 Å². The molecule has 0 saturated carbocycles. The Hall–Kier alpha value is -1.49. The van der Waals surface area contributed by atoms with Crippen molar-refractivity contribution in [3.63, 3.8) is 0 Å². The predicted octanol–water partition coefficient (Wildman–Crippen LogP) is -0.875. The number of hydrogen-bond donors (Lipinski definition) is 0. The fourth-order valence-electron chi connectivity index (χ4n) is 0.932. The van der Waals surface area contributed by atoms with E-state index in [1.807, 2.05) is 0 Å². The van der Waals surface area contributed by atoms with Gasteiger partial charge in [0.25, 0.3) is 11.8 Å². The molecule has 1 rings (SSSR count). The van der Waals surface area contributed by atoms with Crippen LogP contribution in [0.2, 0.25) is 0 Å². The zero-order valence-corrected chi connectivity index (χ0v) is 7.15. The van der Waals surface area contributed by atoms with Crippen LogP contribution in [0.4, 0.5) is 0 Å². The number of imide groups is 1. The number of nitrogens with zero attached hydrogens (tertiary/aromatic N) is 1. The maximum absolute atomic E-state index is 11.2. The summed E-state index contributed by atoms with van der Waals surface area (Å²) < 4.78 is 4.76. The second-order valence-electron chi connectivity index (χ2n) is 2.59. The summed E-state index contributed by atoms with van der Waals surface area (Å²) in [5.41, 5.74) is 0. The van der Waals surface area contributed by atoms with Crippen molar-refractivity contribution in [3.8, 4) is 0 Å². The highest BCUT2D eigenvalue weighted by Crippen LogP contribution is 2.07. The van der Waals surface area contributed by atoms with Crippen LogP contribution in [0.3, 0.4) is 0 Å². The van der Waals surface area contributed by atoms with Gasteiger partial charge in [-0.05, 0) is 6.08 Å². The van der Waals surface area contributed by atoms with Gasteiger partial charge in [-0.15, -0.1) is 0 Å². The van der Waals surface area contributed by atoms with Crippen molar-refractivity contribution < 1.29 is 19.1 Å². The molecule has 1 atom stereocenters. The summed E-state index contributed by atoms with van der Waals surface area (Å²) in [6.07, 6.45) is -0.188. The molecule has 0 aromatic carbocycles. The molecule has 70 valence electrons. The third-order valence-corrected chi connectivity index (χ3v) is 1.76. The van der Waals surface area contributed by atoms with Crippen LogP contribution in [0.5, 0.6) is 0 Å². The van der Waals surface area contributed by atoms with Gasteiger partial charge in [0, 0.05) is 7.05 Å². The molecule has 5 heteroatoms. The Bertz CT molecular complexity index is 284. The van der Waals surface area contributed by atoms with Crippen LogP contribution < -0.4 is 0 Å². The minimum absolute atomic E-state index is 0.244. The number of morpholine rings is 1. The third kappa shape index (κ3) is 1.65. The van der Waals surface area contributed by atoms with Gasteiger partial charge >= 0.3 is 0 Å². The SMILES string of the molecule is C=CC(=O)C1OCC(=O)N(C)C1=O. The van der Waals surface area contributed by atoms with Crippen LogP contribution in [-0.2, 0) is 19.1 Å². The first-order valence-corrected chi connectivity index (χ1v) is 3.66. The molecule has 1 aliphatic rings. The van der Waals surface area contributed by atoms with Crippen molar-refractivity contribution in [2.24, 2.45) is 0 Å². The summed E-state index contributed by atoms with van der Waals surface area (Å²) in [7, 11) is 1.32. The molecule has 5 nitrogen and oxygen atoms in total. The van der Waals surface area contributed by atoms with E-state index in [1.165, 1.54) is 7.05 Å². The van der Waals surface area contributed by atoms with Crippen molar-refractivity contribution in [3.05, 3.63) is 12.7 Å². The monoisotopic (exact) mass is 183 g/mol. The van der Waals surface area contributed by atoms with E-state index in [-0.39, 0.29) is 6.61 Å². The Morgan fingerprint density at radius 3 is 2.85 bits per heavy atom. The normalized spacial score (nSPS) is 23.2. The van der Waals surface area contributed by atoms with Crippen molar-refractivity contribution in [1.29, 1.82) is 0 Å². The highest BCUT2D eigenvalue weighted by atomic mass is 16.5. The average molecular weight is 183 g/mol. The molecular formula is C8H9NO4. The Labute approximate surface area is 75.0 Å². The van der Waals surface area contributed by atoms with Crippen LogP contribution >= 0.6 is 0 Å². The average Bonchev–Trinajstić information content (AvgIpc) is 2.13. The molecule has 0 radical (unpaired) electrons. The minimum Gasteiger partial charge on any atom is -0.350 e. The van der Waals surface area contributed by atoms with Crippen LogP contribution in [0.1, 0.15) is 0 Å². The predicted molar refractivity (Wildman–Crippen MR) is 42.7 cm³/mol. The number of likely N-dealkylation sites (N-methyl/N-ethyl adjacent to an activating group) is 1. The second-order valence-corrected chi connectivity index (χ2v) is 2.59. The summed E-state index contributed by atoms with van der Waals surface area (Å²) in [4.78, 5) is 34.1. The molecule has 0 aromatic rings. The standard InChI is InChI=1S/C8H9NO4/c1-3-5(10)7-8(12)9(2)6(11)4-13-7/h3,7H,1,4H2,2H3. The molecule has 0 aromatic heterocycles. The van der Waals surface area contributed by atoms with Gasteiger partial charge < -0.3 is 4.74 Å². The van der Waals surface area contributed by atoms with Crippen LogP contribution in [0.25, 0.3) is 0 Å². The highest BCUT2D eigenvalue weighted by molar-refractivity contribution is 6.14. The molecule has 1 fully saturated rings. The highest BCUT2D eigenvalue weighted by Gasteiger charge is 2.36. The van der Waals surface area contributed by atoms with Gasteiger partial charge in [-0.1, -0.05) is 6.58 Å². The van der Waals surface area contributed by atoms with Gasteiger partial charge in [-0.25, -0.2) is 0 Å². The number of amides is 2. The van der Waals surface area contributed by atoms with E-state index in [0.29, 0.717) is 0 Å². The van der Waals surface area contributed by atoms with Crippen molar-refractivity contribution >= 4 is 17.6 Å². The molecule has 1 aliphatic heterocycles. The molecule has 1 unspecified atom stereocenters. The first kappa shape index (κ1) is 9.60. The van der Waals surface area contributed by atoms with E-state index in [9.17, 15) is 14.4 Å². The van der Waals surface area contributed by atoms with Gasteiger partial charge in [0.05, 0.1) is 0 Å². The molecule has 0 aliphatic carbocycles. The Morgan fingerprint density at radius 1 is 1.69 bits per heavy atom. The molecule has 0 spiro atoms. The van der Waals surface area contributed by atoms with E-state index in [1.54, 1.807) is 0 Å². The van der Waals surface area contributed by atoms with Gasteiger partial charge in [0.1, 0.15) is 6.61 Å². The maximum atomic E-state index is 11.2. The summed E-state index contributed by atoms with van der Waals surface area (Å²) in [5.74, 6) is -1.61. The van der Waals surface area contributed by atoms with Gasteiger partial charge in [0.2, 0.25) is 0 Å². The van der Waals surface area contributed by atoms with Gasteiger partial charge in [-0.2, -0.15) is 0 Å². The van der Waals surface area contributed by atoms with Crippen molar-refractivity contribution in [1.82, 2.24) is 4.90 Å². The smallest absolute Gasteiger partial charge is 0.266 e. The van der Waals surface area contributed by atoms with E-state index >= 15 is 0 Å². The molecule has 13 heavy (non-hydrogen) atoms. The third-order valence-electron chi connectivity index (χ3n) is 1.76. The number of ketones is 1. The maximum Gasteiger partial charge on any atom is 0.266 e. The lowest BCUT2D eigenvalue weighted by Gasteiger charge is -2.26. The largest absolute Gasteiger partial charge is 0.350 e. The fourth-order valence-corrected chi connectivity index (χ4v) is 0.932. The van der Waals surface area contributed by atoms with Crippen LogP contribution in [-0.4, -0.2) is 42.3 Å². The molecule has 2 amide bonds. The van der Waals surface area contributed by atoms with E-state index < -0.39 is 23.7 Å². The number of carbonyl (C=O) groups excluding carboxylic acids is 3. The zero-order valence-electron chi connectivity index (χ0n) is 7.15. The molecule has 0 bridgehead atoms. The fraction of sp³-hybridized carbons (Fsp3) is 0.375. The lowest BCUT2D eigenvalue weighted by atomic mass is 10.2. The summed E-state index contributed by atoms with van der Waals surface area (Å²) in [6, 6.07) is 0. The number of rotatable bonds is 2.